The Bertz CT molecular complexity index is 969. The highest BCUT2D eigenvalue weighted by molar-refractivity contribution is 5.95. The molecule has 1 spiro atoms. The van der Waals surface area contributed by atoms with Gasteiger partial charge in [0.15, 0.2) is 0 Å². The molecule has 0 radical (unpaired) electrons. The summed E-state index contributed by atoms with van der Waals surface area (Å²) < 4.78 is 0. The molecule has 176 valence electrons. The minimum absolute atomic E-state index is 0.0232. The number of hydrogen-bond acceptors (Lipinski definition) is 5. The van der Waals surface area contributed by atoms with E-state index in [1.807, 2.05) is 9.80 Å². The standard InChI is InChI=1S/C26H35N5O2/c1-29(2)17-24(21-7-4-3-5-8-21)11-13-25(14-12-24)18-30(22-15-27-20-28-16-22)23(32)31(25)19-26(33)9-6-10-26/h3-5,7-8,15-16,20,33H,6,9-14,17-19H2,1-2H3/t24-,25-. The number of β-amino-alcohol motifs (C(OH)–C–C–N with tert-alkyl or cyclic N) is 1. The molecule has 0 atom stereocenters. The van der Waals surface area contributed by atoms with E-state index in [0.29, 0.717) is 13.1 Å². The van der Waals surface area contributed by atoms with Crippen LogP contribution in [0.15, 0.2) is 49.1 Å². The number of aliphatic hydroxyl groups is 1. The van der Waals surface area contributed by atoms with Crippen LogP contribution in [0.4, 0.5) is 10.5 Å². The van der Waals surface area contributed by atoms with Crippen molar-refractivity contribution in [3.05, 3.63) is 54.6 Å². The second-order valence-corrected chi connectivity index (χ2v) is 10.7. The maximum atomic E-state index is 13.7. The van der Waals surface area contributed by atoms with Crippen molar-refractivity contribution in [3.8, 4) is 0 Å². The molecule has 2 amide bonds. The van der Waals surface area contributed by atoms with Crippen LogP contribution in [-0.2, 0) is 5.41 Å². The molecule has 5 rings (SSSR count). The number of benzene rings is 1. The molecule has 33 heavy (non-hydrogen) atoms. The molecule has 2 aliphatic carbocycles. The molecule has 7 nitrogen and oxygen atoms in total. The third-order valence-corrected chi connectivity index (χ3v) is 8.23. The van der Waals surface area contributed by atoms with Crippen LogP contribution in [0.2, 0.25) is 0 Å². The number of likely N-dealkylation sites (N-methyl/N-ethyl adjacent to an activating group) is 1. The molecule has 0 unspecified atom stereocenters. The fraction of sp³-hybridized carbons (Fsp3) is 0.577. The molecule has 1 aromatic heterocycles. The molecule has 0 bridgehead atoms. The zero-order valence-corrected chi connectivity index (χ0v) is 19.8. The van der Waals surface area contributed by atoms with Crippen LogP contribution in [0.25, 0.3) is 0 Å². The van der Waals surface area contributed by atoms with E-state index in [4.69, 9.17) is 0 Å². The van der Waals surface area contributed by atoms with Crippen molar-refractivity contribution < 1.29 is 9.90 Å². The minimum Gasteiger partial charge on any atom is -0.388 e. The predicted octanol–water partition coefficient (Wildman–Crippen LogP) is 3.45. The molecule has 3 aliphatic rings. The molecule has 1 N–H and O–H groups in total. The summed E-state index contributed by atoms with van der Waals surface area (Å²) in [6, 6.07) is 10.8. The molecular weight excluding hydrogens is 414 g/mol. The Morgan fingerprint density at radius 1 is 1.00 bits per heavy atom. The summed E-state index contributed by atoms with van der Waals surface area (Å²) in [5.74, 6) is 0. The molecule has 2 saturated carbocycles. The van der Waals surface area contributed by atoms with Gasteiger partial charge in [0.1, 0.15) is 6.33 Å². The third kappa shape index (κ3) is 4.02. The van der Waals surface area contributed by atoms with Crippen LogP contribution in [0.5, 0.6) is 0 Å². The van der Waals surface area contributed by atoms with Gasteiger partial charge in [-0.1, -0.05) is 30.3 Å². The summed E-state index contributed by atoms with van der Waals surface area (Å²) in [5.41, 5.74) is 1.17. The molecule has 2 heterocycles. The lowest BCUT2D eigenvalue weighted by Crippen LogP contribution is -2.59. The van der Waals surface area contributed by atoms with Gasteiger partial charge in [-0.3, -0.25) is 4.90 Å². The lowest BCUT2D eigenvalue weighted by molar-refractivity contribution is -0.0688. The van der Waals surface area contributed by atoms with E-state index in [2.05, 4.69) is 59.3 Å². The number of hydrogen-bond donors (Lipinski definition) is 1. The topological polar surface area (TPSA) is 72.8 Å². The Labute approximate surface area is 196 Å². The van der Waals surface area contributed by atoms with Gasteiger partial charge < -0.3 is 14.9 Å². The first kappa shape index (κ1) is 22.3. The van der Waals surface area contributed by atoms with Crippen molar-refractivity contribution in [3.63, 3.8) is 0 Å². The Balaban J connectivity index is 1.46. The number of rotatable bonds is 6. The molecule has 1 aromatic carbocycles. The third-order valence-electron chi connectivity index (χ3n) is 8.23. The first-order valence-corrected chi connectivity index (χ1v) is 12.1. The van der Waals surface area contributed by atoms with E-state index in [9.17, 15) is 9.90 Å². The van der Waals surface area contributed by atoms with Gasteiger partial charge in [-0.2, -0.15) is 0 Å². The second-order valence-electron chi connectivity index (χ2n) is 10.7. The van der Waals surface area contributed by atoms with Gasteiger partial charge in [-0.05, 0) is 64.6 Å². The number of anilines is 1. The first-order valence-electron chi connectivity index (χ1n) is 12.1. The fourth-order valence-corrected chi connectivity index (χ4v) is 6.26. The summed E-state index contributed by atoms with van der Waals surface area (Å²) >= 11 is 0. The molecule has 2 aromatic rings. The van der Waals surface area contributed by atoms with E-state index < -0.39 is 5.60 Å². The zero-order chi connectivity index (χ0) is 23.1. The monoisotopic (exact) mass is 449 g/mol. The first-order chi connectivity index (χ1) is 15.8. The van der Waals surface area contributed by atoms with Crippen LogP contribution in [0.3, 0.4) is 0 Å². The Morgan fingerprint density at radius 3 is 2.24 bits per heavy atom. The zero-order valence-electron chi connectivity index (χ0n) is 19.8. The quantitative estimate of drug-likeness (QED) is 0.731. The van der Waals surface area contributed by atoms with Crippen molar-refractivity contribution in [2.45, 2.75) is 61.5 Å². The van der Waals surface area contributed by atoms with Gasteiger partial charge in [0.25, 0.3) is 0 Å². The highest BCUT2D eigenvalue weighted by Gasteiger charge is 2.56. The van der Waals surface area contributed by atoms with Crippen molar-refractivity contribution >= 4 is 11.7 Å². The van der Waals surface area contributed by atoms with Crippen LogP contribution >= 0.6 is 0 Å². The predicted molar refractivity (Wildman–Crippen MR) is 128 cm³/mol. The largest absolute Gasteiger partial charge is 0.388 e. The van der Waals surface area contributed by atoms with E-state index in [1.54, 1.807) is 12.4 Å². The molecule has 3 fully saturated rings. The van der Waals surface area contributed by atoms with Crippen LogP contribution in [-0.4, -0.2) is 75.8 Å². The van der Waals surface area contributed by atoms with E-state index in [1.165, 1.54) is 11.9 Å². The molecule has 7 heteroatoms. The second kappa shape index (κ2) is 8.37. The van der Waals surface area contributed by atoms with Crippen molar-refractivity contribution in [1.29, 1.82) is 0 Å². The lowest BCUT2D eigenvalue weighted by atomic mass is 9.63. The Morgan fingerprint density at radius 2 is 1.67 bits per heavy atom. The Kier molecular flexibility index (Phi) is 5.65. The van der Waals surface area contributed by atoms with Gasteiger partial charge in [0, 0.05) is 12.0 Å². The maximum absolute atomic E-state index is 13.7. The summed E-state index contributed by atoms with van der Waals surface area (Å²) in [4.78, 5) is 28.1. The highest BCUT2D eigenvalue weighted by atomic mass is 16.3. The van der Waals surface area contributed by atoms with Crippen LogP contribution in [0.1, 0.15) is 50.5 Å². The van der Waals surface area contributed by atoms with Gasteiger partial charge in [0.2, 0.25) is 0 Å². The molecule has 1 aliphatic heterocycles. The normalized spacial score (nSPS) is 29.0. The van der Waals surface area contributed by atoms with Crippen molar-refractivity contribution in [2.24, 2.45) is 0 Å². The highest BCUT2D eigenvalue weighted by Crippen LogP contribution is 2.50. The number of amides is 2. The van der Waals surface area contributed by atoms with Crippen LogP contribution in [0, 0.1) is 0 Å². The summed E-state index contributed by atoms with van der Waals surface area (Å²) in [6.07, 6.45) is 11.3. The number of carbonyl (C=O) groups excluding carboxylic acids is 1. The maximum Gasteiger partial charge on any atom is 0.325 e. The number of aromatic nitrogens is 2. The minimum atomic E-state index is -0.747. The molecular formula is C26H35N5O2. The average Bonchev–Trinajstić information content (AvgIpc) is 3.07. The van der Waals surface area contributed by atoms with Crippen molar-refractivity contribution in [1.82, 2.24) is 19.8 Å². The number of carbonyl (C=O) groups is 1. The smallest absolute Gasteiger partial charge is 0.325 e. The molecule has 1 saturated heterocycles. The van der Waals surface area contributed by atoms with Gasteiger partial charge in [0.05, 0.1) is 42.3 Å². The van der Waals surface area contributed by atoms with Crippen LogP contribution < -0.4 is 4.90 Å². The summed E-state index contributed by atoms with van der Waals surface area (Å²) in [6.45, 7) is 2.03. The van der Waals surface area contributed by atoms with Gasteiger partial charge >= 0.3 is 6.03 Å². The summed E-state index contributed by atoms with van der Waals surface area (Å²) in [7, 11) is 4.29. The number of urea groups is 1. The van der Waals surface area contributed by atoms with E-state index in [0.717, 1.165) is 57.2 Å². The van der Waals surface area contributed by atoms with E-state index in [-0.39, 0.29) is 17.0 Å². The van der Waals surface area contributed by atoms with Gasteiger partial charge in [-0.15, -0.1) is 0 Å². The summed E-state index contributed by atoms with van der Waals surface area (Å²) in [5, 5.41) is 11.0. The fourth-order valence-electron chi connectivity index (χ4n) is 6.26. The number of nitrogens with zero attached hydrogens (tertiary/aromatic N) is 5. The average molecular weight is 450 g/mol. The van der Waals surface area contributed by atoms with Crippen molar-refractivity contribution in [2.75, 3.05) is 38.6 Å². The Hall–Kier alpha value is -2.51. The van der Waals surface area contributed by atoms with E-state index >= 15 is 0 Å². The lowest BCUT2D eigenvalue weighted by Gasteiger charge is -2.51. The SMILES string of the molecule is CN(C)C[C@]1(c2ccccc2)CC[C@]2(CC1)CN(c1cncnc1)C(=O)N2CC1(O)CCC1. The van der Waals surface area contributed by atoms with Gasteiger partial charge in [-0.25, -0.2) is 14.8 Å².